The van der Waals surface area contributed by atoms with E-state index >= 15 is 0 Å². The molecule has 1 unspecified atom stereocenters. The average molecular weight is 455 g/mol. The Morgan fingerprint density at radius 3 is 1.62 bits per heavy atom. The van der Waals surface area contributed by atoms with Gasteiger partial charge >= 0.3 is 0 Å². The van der Waals surface area contributed by atoms with Crippen molar-refractivity contribution in [1.29, 1.82) is 0 Å². The van der Waals surface area contributed by atoms with Gasteiger partial charge in [-0.3, -0.25) is 0 Å². The molecular weight excluding hydrogens is 412 g/mol. The largest absolute Gasteiger partial charge is 0.497 e. The fraction of sp³-hybridized carbons (Fsp3) is 0.760. The van der Waals surface area contributed by atoms with E-state index < -0.39 is 47.0 Å². The van der Waals surface area contributed by atoms with Gasteiger partial charge in [-0.2, -0.15) is 0 Å². The zero-order chi connectivity index (χ0) is 24.3. The highest BCUT2D eigenvalue weighted by Gasteiger charge is 2.49. The van der Waals surface area contributed by atoms with Gasteiger partial charge in [0.1, 0.15) is 5.75 Å². The van der Waals surface area contributed by atoms with Crippen molar-refractivity contribution < 1.29 is 34.6 Å². The van der Waals surface area contributed by atoms with Gasteiger partial charge in [-0.05, 0) is 12.1 Å². The van der Waals surface area contributed by atoms with Crippen LogP contribution >= 0.6 is 0 Å². The lowest BCUT2D eigenvalue weighted by Crippen LogP contribution is -2.53. The third-order valence-corrected chi connectivity index (χ3v) is 7.12. The maximum Gasteiger partial charge on any atom is 0.184 e. The fourth-order valence-corrected chi connectivity index (χ4v) is 3.78. The van der Waals surface area contributed by atoms with Crippen molar-refractivity contribution in [3.05, 3.63) is 29.8 Å². The molecule has 184 valence electrons. The predicted molar refractivity (Wildman–Crippen MR) is 122 cm³/mol. The maximum absolute atomic E-state index is 10.8. The number of rotatable bonds is 10. The molecule has 0 bridgehead atoms. The molecule has 7 nitrogen and oxygen atoms in total. The van der Waals surface area contributed by atoms with Crippen molar-refractivity contribution in [3.8, 4) is 5.75 Å². The van der Waals surface area contributed by atoms with Crippen molar-refractivity contribution in [2.24, 2.45) is 16.2 Å². The number of ether oxygens (including phenoxy) is 3. The molecule has 1 aliphatic rings. The van der Waals surface area contributed by atoms with Crippen LogP contribution in [0.4, 0.5) is 0 Å². The Balaban J connectivity index is 2.35. The molecule has 1 aliphatic heterocycles. The van der Waals surface area contributed by atoms with E-state index in [-0.39, 0.29) is 13.2 Å². The molecule has 5 atom stereocenters. The quantitative estimate of drug-likeness (QED) is 0.430. The van der Waals surface area contributed by atoms with Gasteiger partial charge in [0.25, 0.3) is 0 Å². The summed E-state index contributed by atoms with van der Waals surface area (Å²) in [5.74, 6) is 0.721. The van der Waals surface area contributed by atoms with Crippen LogP contribution in [0.1, 0.15) is 66.2 Å². The lowest BCUT2D eigenvalue weighted by Gasteiger charge is -2.50. The summed E-state index contributed by atoms with van der Waals surface area (Å²) in [7, 11) is 1.60. The molecule has 0 aliphatic carbocycles. The number of aliphatic hydroxyl groups excluding tert-OH is 4. The van der Waals surface area contributed by atoms with Crippen LogP contribution in [-0.2, 0) is 9.47 Å². The predicted octanol–water partition coefficient (Wildman–Crippen LogP) is 3.04. The van der Waals surface area contributed by atoms with Gasteiger partial charge in [-0.15, -0.1) is 0 Å². The lowest BCUT2D eigenvalue weighted by molar-refractivity contribution is -0.309. The van der Waals surface area contributed by atoms with Gasteiger partial charge in [0.2, 0.25) is 0 Å². The first-order valence-electron chi connectivity index (χ1n) is 11.3. The molecule has 0 spiro atoms. The van der Waals surface area contributed by atoms with E-state index in [9.17, 15) is 20.4 Å². The van der Waals surface area contributed by atoms with Crippen molar-refractivity contribution in [2.75, 3.05) is 20.3 Å². The van der Waals surface area contributed by atoms with E-state index in [0.717, 1.165) is 11.3 Å². The number of methoxy groups -OCH3 is 1. The molecule has 7 heteroatoms. The van der Waals surface area contributed by atoms with E-state index in [2.05, 4.69) is 0 Å². The number of hydrogen-bond acceptors (Lipinski definition) is 7. The zero-order valence-corrected chi connectivity index (χ0v) is 20.5. The summed E-state index contributed by atoms with van der Waals surface area (Å²) in [6.45, 7) is 11.0. The molecule has 1 fully saturated rings. The van der Waals surface area contributed by atoms with Crippen LogP contribution in [0.3, 0.4) is 0 Å². The van der Waals surface area contributed by atoms with Gasteiger partial charge in [-0.1, -0.05) is 53.7 Å². The summed E-state index contributed by atoms with van der Waals surface area (Å²) >= 11 is 0. The molecule has 0 amide bonds. The monoisotopic (exact) mass is 454 g/mol. The highest BCUT2D eigenvalue weighted by atomic mass is 16.7. The Kier molecular flexibility index (Phi) is 8.76. The van der Waals surface area contributed by atoms with Gasteiger partial charge in [0.05, 0.1) is 44.7 Å². The van der Waals surface area contributed by atoms with Crippen LogP contribution in [0, 0.1) is 16.2 Å². The standard InChI is InChI=1S/C25H42O7/c1-23(2,14-26)18(28)12-20-25(5,6)21(13-19(29)24(3,4)15-27)32-22(31-20)16-8-10-17(30-7)11-9-16/h8-11,18-22,26-29H,12-15H2,1-7H3/t18-,19+,20-,21+,22?. The Bertz CT molecular complexity index is 678. The van der Waals surface area contributed by atoms with Crippen LogP contribution in [0.2, 0.25) is 0 Å². The van der Waals surface area contributed by atoms with E-state index in [1.54, 1.807) is 7.11 Å². The van der Waals surface area contributed by atoms with E-state index in [0.29, 0.717) is 12.8 Å². The molecule has 1 saturated heterocycles. The van der Waals surface area contributed by atoms with Crippen LogP contribution in [0.15, 0.2) is 24.3 Å². The first-order chi connectivity index (χ1) is 14.8. The van der Waals surface area contributed by atoms with Crippen molar-refractivity contribution >= 4 is 0 Å². The summed E-state index contributed by atoms with van der Waals surface area (Å²) in [5.41, 5.74) is -1.09. The summed E-state index contributed by atoms with van der Waals surface area (Å²) in [4.78, 5) is 0. The van der Waals surface area contributed by atoms with Crippen molar-refractivity contribution in [3.63, 3.8) is 0 Å². The lowest BCUT2D eigenvalue weighted by atomic mass is 9.71. The molecule has 1 aromatic carbocycles. The average Bonchev–Trinajstić information content (AvgIpc) is 2.76. The van der Waals surface area contributed by atoms with Crippen molar-refractivity contribution in [2.45, 2.75) is 85.1 Å². The highest BCUT2D eigenvalue weighted by Crippen LogP contribution is 2.46. The SMILES string of the molecule is COc1ccc(C2O[C@@H](C[C@H](O)C(C)(C)CO)C(C)(C)[C@@H](C[C@@H](O)C(C)(C)CO)O2)cc1. The van der Waals surface area contributed by atoms with Gasteiger partial charge in [0.15, 0.2) is 6.29 Å². The second-order valence-corrected chi connectivity index (χ2v) is 11.0. The molecule has 0 radical (unpaired) electrons. The van der Waals surface area contributed by atoms with Crippen LogP contribution in [0.25, 0.3) is 0 Å². The van der Waals surface area contributed by atoms with Crippen molar-refractivity contribution in [1.82, 2.24) is 0 Å². The van der Waals surface area contributed by atoms with Crippen LogP contribution in [0.5, 0.6) is 5.75 Å². The molecule has 0 saturated carbocycles. The van der Waals surface area contributed by atoms with Crippen LogP contribution in [-0.4, -0.2) is 65.2 Å². The van der Waals surface area contributed by atoms with Gasteiger partial charge in [-0.25, -0.2) is 0 Å². The normalized spacial score (nSPS) is 25.9. The van der Waals surface area contributed by atoms with Gasteiger partial charge < -0.3 is 34.6 Å². The zero-order valence-electron chi connectivity index (χ0n) is 20.5. The minimum atomic E-state index is -0.786. The molecule has 0 aromatic heterocycles. The molecule has 32 heavy (non-hydrogen) atoms. The first-order valence-corrected chi connectivity index (χ1v) is 11.3. The number of aliphatic hydroxyl groups is 4. The van der Waals surface area contributed by atoms with Crippen LogP contribution < -0.4 is 4.74 Å². The fourth-order valence-electron chi connectivity index (χ4n) is 3.78. The van der Waals surface area contributed by atoms with Gasteiger partial charge in [0, 0.05) is 34.7 Å². The molecule has 2 rings (SSSR count). The first kappa shape index (κ1) is 27.0. The molecular formula is C25H42O7. The second-order valence-electron chi connectivity index (χ2n) is 11.0. The third kappa shape index (κ3) is 6.01. The minimum absolute atomic E-state index is 0.146. The summed E-state index contributed by atoms with van der Waals surface area (Å²) in [6, 6.07) is 7.41. The molecule has 1 aromatic rings. The molecule has 1 heterocycles. The van der Waals surface area contributed by atoms with E-state index in [4.69, 9.17) is 14.2 Å². The summed E-state index contributed by atoms with van der Waals surface area (Å²) in [6.07, 6.45) is -2.41. The van der Waals surface area contributed by atoms with E-state index in [1.165, 1.54) is 0 Å². The Morgan fingerprint density at radius 2 is 1.28 bits per heavy atom. The Hall–Kier alpha value is -1.22. The Labute approximate surface area is 192 Å². The molecule has 4 N–H and O–H groups in total. The number of benzene rings is 1. The topological polar surface area (TPSA) is 109 Å². The summed E-state index contributed by atoms with van der Waals surface area (Å²) < 4.78 is 18.0. The third-order valence-electron chi connectivity index (χ3n) is 7.12. The number of hydrogen-bond donors (Lipinski definition) is 4. The summed E-state index contributed by atoms with van der Waals surface area (Å²) in [5, 5.41) is 41.1. The van der Waals surface area contributed by atoms with E-state index in [1.807, 2.05) is 65.8 Å². The smallest absolute Gasteiger partial charge is 0.184 e. The Morgan fingerprint density at radius 1 is 0.875 bits per heavy atom. The minimum Gasteiger partial charge on any atom is -0.497 e. The second kappa shape index (κ2) is 10.4. The highest BCUT2D eigenvalue weighted by molar-refractivity contribution is 5.28. The maximum atomic E-state index is 10.8.